The van der Waals surface area contributed by atoms with Gasteiger partial charge in [0.05, 0.1) is 22.3 Å². The fourth-order valence-corrected chi connectivity index (χ4v) is 3.35. The van der Waals surface area contributed by atoms with Crippen molar-refractivity contribution in [1.29, 1.82) is 0 Å². The van der Waals surface area contributed by atoms with Gasteiger partial charge in [0.15, 0.2) is 10.8 Å². The average Bonchev–Trinajstić information content (AvgIpc) is 3.05. The van der Waals surface area contributed by atoms with Crippen molar-refractivity contribution in [2.75, 3.05) is 4.90 Å². The van der Waals surface area contributed by atoms with Crippen molar-refractivity contribution in [3.8, 4) is 10.8 Å². The lowest BCUT2D eigenvalue weighted by Crippen LogP contribution is -2.30. The minimum absolute atomic E-state index is 0.292. The molecule has 7 heteroatoms. The molecule has 0 saturated carbocycles. The van der Waals surface area contributed by atoms with Gasteiger partial charge in [0.2, 0.25) is 0 Å². The fourth-order valence-electron chi connectivity index (χ4n) is 2.30. The summed E-state index contributed by atoms with van der Waals surface area (Å²) < 4.78 is 0. The first-order valence-corrected chi connectivity index (χ1v) is 9.11. The van der Waals surface area contributed by atoms with Crippen LogP contribution in [0.4, 0.5) is 5.69 Å². The zero-order valence-electron chi connectivity index (χ0n) is 13.3. The van der Waals surface area contributed by atoms with E-state index in [1.807, 2.05) is 23.6 Å². The SMILES string of the molecule is CC(C)N(Cc1csc(-c2ncccn2)n1)c1ccc(Cl)c(Cl)c1. The Morgan fingerprint density at radius 3 is 2.54 bits per heavy atom. The van der Waals surface area contributed by atoms with Crippen LogP contribution in [0.3, 0.4) is 0 Å². The first-order valence-electron chi connectivity index (χ1n) is 7.48. The third kappa shape index (κ3) is 3.86. The molecule has 0 aliphatic heterocycles. The van der Waals surface area contributed by atoms with Gasteiger partial charge in [-0.05, 0) is 38.1 Å². The summed E-state index contributed by atoms with van der Waals surface area (Å²) in [6.07, 6.45) is 3.44. The molecule has 3 rings (SSSR count). The van der Waals surface area contributed by atoms with E-state index in [-0.39, 0.29) is 0 Å². The molecule has 0 spiro atoms. The number of hydrogen-bond donors (Lipinski definition) is 0. The molecular formula is C17H16Cl2N4S. The number of nitrogens with zero attached hydrogens (tertiary/aromatic N) is 4. The molecule has 0 radical (unpaired) electrons. The molecule has 0 bridgehead atoms. The van der Waals surface area contributed by atoms with Gasteiger partial charge in [-0.25, -0.2) is 15.0 Å². The Hall–Kier alpha value is -1.69. The summed E-state index contributed by atoms with van der Waals surface area (Å²) in [7, 11) is 0. The molecule has 0 fully saturated rings. The van der Waals surface area contributed by atoms with Crippen LogP contribution in [0, 0.1) is 0 Å². The van der Waals surface area contributed by atoms with Crippen LogP contribution >= 0.6 is 34.5 Å². The van der Waals surface area contributed by atoms with E-state index in [0.29, 0.717) is 28.5 Å². The van der Waals surface area contributed by atoms with Gasteiger partial charge in [-0.15, -0.1) is 11.3 Å². The summed E-state index contributed by atoms with van der Waals surface area (Å²) in [5.74, 6) is 0.652. The second-order valence-corrected chi connectivity index (χ2v) is 7.21. The summed E-state index contributed by atoms with van der Waals surface area (Å²) in [6, 6.07) is 7.77. The van der Waals surface area contributed by atoms with Crippen molar-refractivity contribution in [2.24, 2.45) is 0 Å². The summed E-state index contributed by atoms with van der Waals surface area (Å²) in [6.45, 7) is 4.95. The van der Waals surface area contributed by atoms with Crippen molar-refractivity contribution >= 4 is 40.2 Å². The quantitative estimate of drug-likeness (QED) is 0.602. The average molecular weight is 379 g/mol. The minimum Gasteiger partial charge on any atom is -0.363 e. The van der Waals surface area contributed by atoms with E-state index in [1.165, 1.54) is 0 Å². The van der Waals surface area contributed by atoms with Crippen LogP contribution in [0.5, 0.6) is 0 Å². The Kier molecular flexibility index (Phi) is 5.33. The van der Waals surface area contributed by atoms with Crippen LogP contribution in [-0.4, -0.2) is 21.0 Å². The number of aromatic nitrogens is 3. The minimum atomic E-state index is 0.292. The van der Waals surface area contributed by atoms with Gasteiger partial charge in [0.25, 0.3) is 0 Å². The van der Waals surface area contributed by atoms with Gasteiger partial charge in [-0.2, -0.15) is 0 Å². The highest BCUT2D eigenvalue weighted by Crippen LogP contribution is 2.30. The van der Waals surface area contributed by atoms with E-state index in [2.05, 4.69) is 33.7 Å². The van der Waals surface area contributed by atoms with Crippen molar-refractivity contribution < 1.29 is 0 Å². The van der Waals surface area contributed by atoms with Crippen LogP contribution in [0.2, 0.25) is 10.0 Å². The number of benzene rings is 1. The molecule has 0 atom stereocenters. The maximum Gasteiger partial charge on any atom is 0.188 e. The molecule has 2 heterocycles. The monoisotopic (exact) mass is 378 g/mol. The summed E-state index contributed by atoms with van der Waals surface area (Å²) in [5.41, 5.74) is 1.99. The van der Waals surface area contributed by atoms with Crippen LogP contribution < -0.4 is 4.90 Å². The van der Waals surface area contributed by atoms with E-state index < -0.39 is 0 Å². The number of halogens is 2. The first kappa shape index (κ1) is 17.1. The van der Waals surface area contributed by atoms with Gasteiger partial charge in [-0.1, -0.05) is 23.2 Å². The van der Waals surface area contributed by atoms with Gasteiger partial charge in [-0.3, -0.25) is 0 Å². The zero-order chi connectivity index (χ0) is 17.1. The lowest BCUT2D eigenvalue weighted by Gasteiger charge is -2.28. The molecule has 4 nitrogen and oxygen atoms in total. The smallest absolute Gasteiger partial charge is 0.188 e. The molecule has 24 heavy (non-hydrogen) atoms. The molecule has 0 N–H and O–H groups in total. The number of rotatable bonds is 5. The van der Waals surface area contributed by atoms with E-state index in [9.17, 15) is 0 Å². The Balaban J connectivity index is 1.84. The maximum absolute atomic E-state index is 6.16. The van der Waals surface area contributed by atoms with Crippen molar-refractivity contribution in [1.82, 2.24) is 15.0 Å². The molecule has 0 saturated heterocycles. The van der Waals surface area contributed by atoms with Crippen molar-refractivity contribution in [2.45, 2.75) is 26.4 Å². The molecule has 2 aromatic heterocycles. The largest absolute Gasteiger partial charge is 0.363 e. The van der Waals surface area contributed by atoms with Crippen LogP contribution in [-0.2, 0) is 6.54 Å². The Morgan fingerprint density at radius 2 is 1.88 bits per heavy atom. The van der Waals surface area contributed by atoms with Crippen molar-refractivity contribution in [3.05, 3.63) is 57.8 Å². The highest BCUT2D eigenvalue weighted by atomic mass is 35.5. The van der Waals surface area contributed by atoms with E-state index in [1.54, 1.807) is 29.8 Å². The molecule has 3 aromatic rings. The highest BCUT2D eigenvalue weighted by molar-refractivity contribution is 7.13. The summed E-state index contributed by atoms with van der Waals surface area (Å²) >= 11 is 13.7. The second-order valence-electron chi connectivity index (χ2n) is 5.54. The number of hydrogen-bond acceptors (Lipinski definition) is 5. The van der Waals surface area contributed by atoms with Crippen molar-refractivity contribution in [3.63, 3.8) is 0 Å². The molecule has 0 aliphatic carbocycles. The van der Waals surface area contributed by atoms with Crippen LogP contribution in [0.15, 0.2) is 42.0 Å². The predicted octanol–water partition coefficient (Wildman–Crippen LogP) is 5.32. The summed E-state index contributed by atoms with van der Waals surface area (Å²) in [4.78, 5) is 15.4. The molecular weight excluding hydrogens is 363 g/mol. The van der Waals surface area contributed by atoms with Gasteiger partial charge < -0.3 is 4.90 Å². The Labute approximate surface area is 155 Å². The Morgan fingerprint density at radius 1 is 1.12 bits per heavy atom. The van der Waals surface area contributed by atoms with E-state index >= 15 is 0 Å². The number of thiazole rings is 1. The van der Waals surface area contributed by atoms with Crippen LogP contribution in [0.1, 0.15) is 19.5 Å². The molecule has 124 valence electrons. The molecule has 0 amide bonds. The third-order valence-electron chi connectivity index (χ3n) is 3.50. The first-order chi connectivity index (χ1) is 11.5. The lowest BCUT2D eigenvalue weighted by molar-refractivity contribution is 0.676. The van der Waals surface area contributed by atoms with Gasteiger partial charge in [0, 0.05) is 29.5 Å². The molecule has 0 aliphatic rings. The van der Waals surface area contributed by atoms with E-state index in [0.717, 1.165) is 16.4 Å². The fraction of sp³-hybridized carbons (Fsp3) is 0.235. The normalized spacial score (nSPS) is 11.0. The standard InChI is InChI=1S/C17H16Cl2N4S/c1-11(2)23(13-4-5-14(18)15(19)8-13)9-12-10-24-17(22-12)16-20-6-3-7-21-16/h3-8,10-11H,9H2,1-2H3. The topological polar surface area (TPSA) is 41.9 Å². The molecule has 1 aromatic carbocycles. The van der Waals surface area contributed by atoms with Crippen LogP contribution in [0.25, 0.3) is 10.8 Å². The zero-order valence-corrected chi connectivity index (χ0v) is 15.6. The van der Waals surface area contributed by atoms with Gasteiger partial charge >= 0.3 is 0 Å². The van der Waals surface area contributed by atoms with E-state index in [4.69, 9.17) is 23.2 Å². The second kappa shape index (κ2) is 7.47. The highest BCUT2D eigenvalue weighted by Gasteiger charge is 2.15. The predicted molar refractivity (Wildman–Crippen MR) is 101 cm³/mol. The lowest BCUT2D eigenvalue weighted by atomic mass is 10.2. The maximum atomic E-state index is 6.16. The third-order valence-corrected chi connectivity index (χ3v) is 5.13. The molecule has 0 unspecified atom stereocenters. The summed E-state index contributed by atoms with van der Waals surface area (Å²) in [5, 5.41) is 3.97. The Bertz CT molecular complexity index is 820. The number of anilines is 1. The van der Waals surface area contributed by atoms with Gasteiger partial charge in [0.1, 0.15) is 0 Å².